The lowest BCUT2D eigenvalue weighted by molar-refractivity contribution is -0.118. The van der Waals surface area contributed by atoms with Crippen molar-refractivity contribution in [2.24, 2.45) is 0 Å². The quantitative estimate of drug-likeness (QED) is 0.823. The fraction of sp³-hybridized carbons (Fsp3) is 0.125. The van der Waals surface area contributed by atoms with Crippen LogP contribution >= 0.6 is 0 Å². The largest absolute Gasteiger partial charge is 0.484 e. The Bertz CT molecular complexity index is 643. The summed E-state index contributed by atoms with van der Waals surface area (Å²) in [4.78, 5) is 11.7. The van der Waals surface area contributed by atoms with Crippen LogP contribution in [0.25, 0.3) is 0 Å². The van der Waals surface area contributed by atoms with Crippen molar-refractivity contribution in [1.82, 2.24) is 0 Å². The number of nitrogens with two attached hydrogens (primary N) is 1. The Morgan fingerprint density at radius 1 is 1.14 bits per heavy atom. The summed E-state index contributed by atoms with van der Waals surface area (Å²) in [5.74, 6) is 0.338. The van der Waals surface area contributed by atoms with E-state index in [1.54, 1.807) is 48.5 Å². The minimum absolute atomic E-state index is 0.0814. The van der Waals surface area contributed by atoms with Gasteiger partial charge in [-0.1, -0.05) is 12.1 Å². The zero-order chi connectivity index (χ0) is 15.1. The number of carbonyl (C=O) groups is 1. The predicted octanol–water partition coefficient (Wildman–Crippen LogP) is 2.35. The van der Waals surface area contributed by atoms with Crippen molar-refractivity contribution >= 4 is 17.3 Å². The van der Waals surface area contributed by atoms with Crippen LogP contribution in [0, 0.1) is 11.3 Å². The van der Waals surface area contributed by atoms with E-state index in [1.165, 1.54) is 0 Å². The second-order valence-corrected chi connectivity index (χ2v) is 4.44. The summed E-state index contributed by atoms with van der Waals surface area (Å²) >= 11 is 0. The molecule has 0 spiro atoms. The van der Waals surface area contributed by atoms with Gasteiger partial charge in [-0.05, 0) is 42.0 Å². The molecular weight excluding hydrogens is 266 g/mol. The predicted molar refractivity (Wildman–Crippen MR) is 80.7 cm³/mol. The third kappa shape index (κ3) is 4.55. The van der Waals surface area contributed by atoms with Crippen molar-refractivity contribution in [3.05, 3.63) is 54.1 Å². The van der Waals surface area contributed by atoms with Crippen molar-refractivity contribution < 1.29 is 9.53 Å². The first-order valence-corrected chi connectivity index (χ1v) is 6.41. The van der Waals surface area contributed by atoms with Crippen LogP contribution in [0.4, 0.5) is 11.4 Å². The van der Waals surface area contributed by atoms with Crippen LogP contribution in [-0.2, 0) is 11.2 Å². The average molecular weight is 281 g/mol. The number of carbonyl (C=O) groups excluding carboxylic acids is 1. The number of benzene rings is 2. The van der Waals surface area contributed by atoms with Gasteiger partial charge in [0.2, 0.25) is 0 Å². The van der Waals surface area contributed by atoms with E-state index in [-0.39, 0.29) is 12.5 Å². The fourth-order valence-corrected chi connectivity index (χ4v) is 1.71. The summed E-state index contributed by atoms with van der Waals surface area (Å²) in [5.41, 5.74) is 7.79. The van der Waals surface area contributed by atoms with Crippen LogP contribution in [0.5, 0.6) is 5.75 Å². The minimum atomic E-state index is -0.249. The molecule has 21 heavy (non-hydrogen) atoms. The van der Waals surface area contributed by atoms with Crippen LogP contribution in [0.3, 0.4) is 0 Å². The highest BCUT2D eigenvalue weighted by Crippen LogP contribution is 2.13. The van der Waals surface area contributed by atoms with Crippen molar-refractivity contribution in [1.29, 1.82) is 5.26 Å². The van der Waals surface area contributed by atoms with E-state index in [4.69, 9.17) is 15.7 Å². The number of anilines is 2. The first-order chi connectivity index (χ1) is 10.2. The number of nitrogens with zero attached hydrogens (tertiary/aromatic N) is 1. The van der Waals surface area contributed by atoms with Crippen LogP contribution in [0.15, 0.2) is 48.5 Å². The van der Waals surface area contributed by atoms with Gasteiger partial charge in [-0.15, -0.1) is 0 Å². The maximum Gasteiger partial charge on any atom is 0.262 e. The molecule has 0 radical (unpaired) electrons. The molecule has 1 amide bonds. The van der Waals surface area contributed by atoms with E-state index in [0.29, 0.717) is 23.5 Å². The molecule has 0 atom stereocenters. The van der Waals surface area contributed by atoms with E-state index >= 15 is 0 Å². The van der Waals surface area contributed by atoms with Crippen molar-refractivity contribution in [2.75, 3.05) is 17.7 Å². The molecule has 0 saturated carbocycles. The molecule has 0 bridgehead atoms. The number of nitrogen functional groups attached to an aromatic ring is 1. The van der Waals surface area contributed by atoms with Gasteiger partial charge in [0.1, 0.15) is 5.75 Å². The average Bonchev–Trinajstić information content (AvgIpc) is 2.49. The summed E-state index contributed by atoms with van der Waals surface area (Å²) in [7, 11) is 0. The van der Waals surface area contributed by atoms with Gasteiger partial charge in [-0.2, -0.15) is 5.26 Å². The molecule has 0 heterocycles. The molecule has 0 saturated heterocycles. The van der Waals surface area contributed by atoms with Gasteiger partial charge < -0.3 is 15.8 Å². The summed E-state index contributed by atoms with van der Waals surface area (Å²) in [6.45, 7) is -0.0814. The van der Waals surface area contributed by atoms with Crippen LogP contribution in [0.2, 0.25) is 0 Å². The number of hydrogen-bond acceptors (Lipinski definition) is 4. The molecule has 2 aromatic rings. The molecule has 0 aliphatic rings. The smallest absolute Gasteiger partial charge is 0.262 e. The number of amides is 1. The first kappa shape index (κ1) is 14.4. The highest BCUT2D eigenvalue weighted by molar-refractivity contribution is 5.92. The standard InChI is InChI=1S/C16H15N3O2/c17-10-9-12-1-7-15(8-2-12)21-11-16(20)19-14-5-3-13(18)4-6-14/h1-8H,9,11,18H2,(H,19,20). The molecule has 2 aromatic carbocycles. The van der Waals surface area contributed by atoms with Gasteiger partial charge >= 0.3 is 0 Å². The number of nitriles is 1. The van der Waals surface area contributed by atoms with E-state index in [9.17, 15) is 4.79 Å². The Morgan fingerprint density at radius 3 is 2.43 bits per heavy atom. The van der Waals surface area contributed by atoms with Crippen molar-refractivity contribution in [3.8, 4) is 11.8 Å². The Hall–Kier alpha value is -3.00. The second kappa shape index (κ2) is 6.96. The summed E-state index contributed by atoms with van der Waals surface area (Å²) in [6.07, 6.45) is 0.359. The van der Waals surface area contributed by atoms with Crippen LogP contribution in [0.1, 0.15) is 5.56 Å². The Kier molecular flexibility index (Phi) is 4.78. The SMILES string of the molecule is N#CCc1ccc(OCC(=O)Nc2ccc(N)cc2)cc1. The molecule has 5 heteroatoms. The van der Waals surface area contributed by atoms with Gasteiger partial charge in [0.15, 0.2) is 6.61 Å². The van der Waals surface area contributed by atoms with Gasteiger partial charge in [-0.3, -0.25) is 4.79 Å². The molecule has 0 unspecified atom stereocenters. The van der Waals surface area contributed by atoms with Crippen molar-refractivity contribution in [2.45, 2.75) is 6.42 Å². The van der Waals surface area contributed by atoms with Crippen molar-refractivity contribution in [3.63, 3.8) is 0 Å². The third-order valence-electron chi connectivity index (χ3n) is 2.77. The molecule has 0 fully saturated rings. The summed E-state index contributed by atoms with van der Waals surface area (Å²) in [6, 6.07) is 16.0. The van der Waals surface area contributed by atoms with Gasteiger partial charge in [0, 0.05) is 11.4 Å². The Morgan fingerprint density at radius 2 is 1.81 bits per heavy atom. The normalized spacial score (nSPS) is 9.67. The highest BCUT2D eigenvalue weighted by Gasteiger charge is 2.04. The molecule has 5 nitrogen and oxygen atoms in total. The highest BCUT2D eigenvalue weighted by atomic mass is 16.5. The zero-order valence-corrected chi connectivity index (χ0v) is 11.4. The van der Waals surface area contributed by atoms with Gasteiger partial charge in [0.05, 0.1) is 12.5 Å². The maximum atomic E-state index is 11.7. The van der Waals surface area contributed by atoms with E-state index in [2.05, 4.69) is 11.4 Å². The monoisotopic (exact) mass is 281 g/mol. The Balaban J connectivity index is 1.83. The first-order valence-electron chi connectivity index (χ1n) is 6.41. The van der Waals surface area contributed by atoms with Gasteiger partial charge in [-0.25, -0.2) is 0 Å². The number of hydrogen-bond donors (Lipinski definition) is 2. The number of rotatable bonds is 5. The topological polar surface area (TPSA) is 88.1 Å². The lowest BCUT2D eigenvalue weighted by atomic mass is 10.2. The molecule has 0 aromatic heterocycles. The van der Waals surface area contributed by atoms with Crippen LogP contribution in [-0.4, -0.2) is 12.5 Å². The maximum absolute atomic E-state index is 11.7. The summed E-state index contributed by atoms with van der Waals surface area (Å²) in [5, 5.41) is 11.3. The van der Waals surface area contributed by atoms with Gasteiger partial charge in [0.25, 0.3) is 5.91 Å². The van der Waals surface area contributed by atoms with E-state index in [0.717, 1.165) is 5.56 Å². The lowest BCUT2D eigenvalue weighted by Gasteiger charge is -2.08. The van der Waals surface area contributed by atoms with E-state index in [1.807, 2.05) is 0 Å². The molecule has 2 rings (SSSR count). The van der Waals surface area contributed by atoms with E-state index < -0.39 is 0 Å². The minimum Gasteiger partial charge on any atom is -0.484 e. The molecule has 3 N–H and O–H groups in total. The molecule has 0 aliphatic carbocycles. The number of ether oxygens (including phenoxy) is 1. The Labute approximate surface area is 123 Å². The second-order valence-electron chi connectivity index (χ2n) is 4.44. The fourth-order valence-electron chi connectivity index (χ4n) is 1.71. The molecular formula is C16H15N3O2. The third-order valence-corrected chi connectivity index (χ3v) is 2.77. The summed E-state index contributed by atoms with van der Waals surface area (Å²) < 4.78 is 5.38. The number of nitrogens with one attached hydrogen (secondary N) is 1. The zero-order valence-electron chi connectivity index (χ0n) is 11.4. The molecule has 0 aliphatic heterocycles. The lowest BCUT2D eigenvalue weighted by Crippen LogP contribution is -2.20. The molecule has 106 valence electrons. The van der Waals surface area contributed by atoms with Crippen LogP contribution < -0.4 is 15.8 Å².